The number of nitrogens with zero attached hydrogens (tertiary/aromatic N) is 2. The average molecular weight is 391 g/mol. The first kappa shape index (κ1) is 16.8. The van der Waals surface area contributed by atoms with E-state index < -0.39 is 0 Å². The van der Waals surface area contributed by atoms with Crippen LogP contribution >= 0.6 is 39.1 Å². The fourth-order valence-electron chi connectivity index (χ4n) is 2.32. The van der Waals surface area contributed by atoms with E-state index in [9.17, 15) is 0 Å². The highest BCUT2D eigenvalue weighted by Gasteiger charge is 2.21. The first-order valence-corrected chi connectivity index (χ1v) is 8.52. The van der Waals surface area contributed by atoms with Gasteiger partial charge in [-0.2, -0.15) is 5.10 Å². The van der Waals surface area contributed by atoms with Gasteiger partial charge in [0.1, 0.15) is 0 Å². The van der Waals surface area contributed by atoms with Gasteiger partial charge in [-0.3, -0.25) is 4.68 Å². The summed E-state index contributed by atoms with van der Waals surface area (Å²) in [4.78, 5) is 0. The molecule has 1 unspecified atom stereocenters. The van der Waals surface area contributed by atoms with E-state index in [1.165, 1.54) is 0 Å². The first-order chi connectivity index (χ1) is 10.1. The SMILES string of the molecule is CCCn1ncc(Cl)c1C(NCC)c1ccc(Cl)c(Br)c1. The van der Waals surface area contributed by atoms with Crippen molar-refractivity contribution in [3.63, 3.8) is 0 Å². The van der Waals surface area contributed by atoms with Gasteiger partial charge in [0.05, 0.1) is 28.0 Å². The highest BCUT2D eigenvalue weighted by Crippen LogP contribution is 2.32. The van der Waals surface area contributed by atoms with Crippen LogP contribution in [0.4, 0.5) is 0 Å². The van der Waals surface area contributed by atoms with Gasteiger partial charge in [0, 0.05) is 11.0 Å². The summed E-state index contributed by atoms with van der Waals surface area (Å²) < 4.78 is 2.85. The monoisotopic (exact) mass is 389 g/mol. The summed E-state index contributed by atoms with van der Waals surface area (Å²) in [5.74, 6) is 0. The van der Waals surface area contributed by atoms with Crippen molar-refractivity contribution in [1.29, 1.82) is 0 Å². The van der Waals surface area contributed by atoms with Gasteiger partial charge in [0.25, 0.3) is 0 Å². The van der Waals surface area contributed by atoms with E-state index in [0.717, 1.165) is 35.2 Å². The molecule has 0 aliphatic carbocycles. The number of halogens is 3. The van der Waals surface area contributed by atoms with Crippen LogP contribution in [0.5, 0.6) is 0 Å². The number of hydrogen-bond donors (Lipinski definition) is 1. The van der Waals surface area contributed by atoms with Crippen LogP contribution in [0.3, 0.4) is 0 Å². The number of hydrogen-bond acceptors (Lipinski definition) is 2. The van der Waals surface area contributed by atoms with Crippen molar-refractivity contribution in [3.05, 3.63) is 50.2 Å². The molecule has 0 saturated carbocycles. The molecule has 0 radical (unpaired) electrons. The Balaban J connectivity index is 2.47. The standard InChI is InChI=1S/C15H18BrCl2N3/c1-3-7-21-15(13(18)9-20-21)14(19-4-2)10-5-6-12(17)11(16)8-10/h5-6,8-9,14,19H,3-4,7H2,1-2H3. The van der Waals surface area contributed by atoms with Crippen LogP contribution in [0, 0.1) is 0 Å². The fraction of sp³-hybridized carbons (Fsp3) is 0.400. The molecule has 1 aromatic carbocycles. The van der Waals surface area contributed by atoms with E-state index in [4.69, 9.17) is 23.2 Å². The second-order valence-corrected chi connectivity index (χ2v) is 6.43. The molecule has 0 aliphatic rings. The van der Waals surface area contributed by atoms with Crippen LogP contribution in [0.1, 0.15) is 37.6 Å². The molecule has 2 aromatic rings. The lowest BCUT2D eigenvalue weighted by Crippen LogP contribution is -2.25. The molecule has 3 nitrogen and oxygen atoms in total. The van der Waals surface area contributed by atoms with Gasteiger partial charge < -0.3 is 5.32 Å². The lowest BCUT2D eigenvalue weighted by molar-refractivity contribution is 0.520. The molecule has 0 amide bonds. The predicted molar refractivity (Wildman–Crippen MR) is 92.2 cm³/mol. The van der Waals surface area contributed by atoms with Crippen molar-refractivity contribution >= 4 is 39.1 Å². The minimum Gasteiger partial charge on any atom is -0.305 e. The largest absolute Gasteiger partial charge is 0.305 e. The number of nitrogens with one attached hydrogen (secondary N) is 1. The summed E-state index contributed by atoms with van der Waals surface area (Å²) in [7, 11) is 0. The molecule has 6 heteroatoms. The Morgan fingerprint density at radius 1 is 1.29 bits per heavy atom. The Labute approximate surface area is 143 Å². The van der Waals surface area contributed by atoms with Crippen LogP contribution < -0.4 is 5.32 Å². The van der Waals surface area contributed by atoms with Crippen molar-refractivity contribution in [2.24, 2.45) is 0 Å². The van der Waals surface area contributed by atoms with Gasteiger partial charge in [-0.25, -0.2) is 0 Å². The Hall–Kier alpha value is -0.550. The fourth-order valence-corrected chi connectivity index (χ4v) is 3.08. The summed E-state index contributed by atoms with van der Waals surface area (Å²) in [6.45, 7) is 5.88. The van der Waals surface area contributed by atoms with Crippen molar-refractivity contribution in [2.45, 2.75) is 32.9 Å². The van der Waals surface area contributed by atoms with Gasteiger partial charge in [-0.15, -0.1) is 0 Å². The van der Waals surface area contributed by atoms with E-state index in [2.05, 4.69) is 40.2 Å². The number of aryl methyl sites for hydroxylation is 1. The molecule has 2 rings (SSSR count). The molecule has 0 aliphatic heterocycles. The Morgan fingerprint density at radius 3 is 2.67 bits per heavy atom. The van der Waals surface area contributed by atoms with Crippen molar-refractivity contribution in [1.82, 2.24) is 15.1 Å². The van der Waals surface area contributed by atoms with E-state index >= 15 is 0 Å². The minimum atomic E-state index is -0.00915. The third-order valence-electron chi connectivity index (χ3n) is 3.23. The molecule has 1 N–H and O–H groups in total. The van der Waals surface area contributed by atoms with Crippen LogP contribution in [-0.2, 0) is 6.54 Å². The topological polar surface area (TPSA) is 29.9 Å². The molecular formula is C15H18BrCl2N3. The molecule has 1 aromatic heterocycles. The zero-order valence-corrected chi connectivity index (χ0v) is 15.1. The van der Waals surface area contributed by atoms with Gasteiger partial charge in [0.15, 0.2) is 0 Å². The van der Waals surface area contributed by atoms with Gasteiger partial charge in [0.2, 0.25) is 0 Å². The summed E-state index contributed by atoms with van der Waals surface area (Å²) >= 11 is 15.9. The molecule has 1 heterocycles. The van der Waals surface area contributed by atoms with Crippen molar-refractivity contribution < 1.29 is 0 Å². The summed E-state index contributed by atoms with van der Waals surface area (Å²) in [5.41, 5.74) is 2.10. The second kappa shape index (κ2) is 7.63. The summed E-state index contributed by atoms with van der Waals surface area (Å²) in [6, 6.07) is 5.92. The summed E-state index contributed by atoms with van der Waals surface area (Å²) in [6.07, 6.45) is 2.72. The van der Waals surface area contributed by atoms with E-state index in [-0.39, 0.29) is 6.04 Å². The van der Waals surface area contributed by atoms with Crippen LogP contribution in [-0.4, -0.2) is 16.3 Å². The normalized spacial score (nSPS) is 12.6. The Bertz CT molecular complexity index is 613. The zero-order valence-electron chi connectivity index (χ0n) is 12.0. The van der Waals surface area contributed by atoms with E-state index in [1.807, 2.05) is 22.9 Å². The van der Waals surface area contributed by atoms with Crippen LogP contribution in [0.25, 0.3) is 0 Å². The molecule has 1 atom stereocenters. The van der Waals surface area contributed by atoms with Crippen molar-refractivity contribution in [2.75, 3.05) is 6.54 Å². The maximum atomic E-state index is 6.37. The van der Waals surface area contributed by atoms with E-state index in [1.54, 1.807) is 6.20 Å². The number of aromatic nitrogens is 2. The second-order valence-electron chi connectivity index (χ2n) is 4.77. The van der Waals surface area contributed by atoms with Crippen LogP contribution in [0.15, 0.2) is 28.9 Å². The third kappa shape index (κ3) is 3.81. The highest BCUT2D eigenvalue weighted by atomic mass is 79.9. The minimum absolute atomic E-state index is 0.00915. The Kier molecular flexibility index (Phi) is 6.11. The maximum absolute atomic E-state index is 6.37. The van der Waals surface area contributed by atoms with Gasteiger partial charge >= 0.3 is 0 Å². The molecule has 0 fully saturated rings. The smallest absolute Gasteiger partial charge is 0.0837 e. The quantitative estimate of drug-likeness (QED) is 0.746. The number of benzene rings is 1. The lowest BCUT2D eigenvalue weighted by atomic mass is 10.0. The summed E-state index contributed by atoms with van der Waals surface area (Å²) in [5, 5.41) is 9.24. The van der Waals surface area contributed by atoms with E-state index in [0.29, 0.717) is 10.0 Å². The molecule has 114 valence electrons. The molecule has 21 heavy (non-hydrogen) atoms. The maximum Gasteiger partial charge on any atom is 0.0837 e. The van der Waals surface area contributed by atoms with Crippen LogP contribution in [0.2, 0.25) is 10.0 Å². The average Bonchev–Trinajstić information content (AvgIpc) is 2.81. The predicted octanol–water partition coefficient (Wildman–Crippen LogP) is 5.06. The molecule has 0 saturated heterocycles. The molecular weight excluding hydrogens is 373 g/mol. The van der Waals surface area contributed by atoms with Gasteiger partial charge in [-0.05, 0) is 46.6 Å². The lowest BCUT2D eigenvalue weighted by Gasteiger charge is -2.21. The first-order valence-electron chi connectivity index (χ1n) is 6.98. The zero-order chi connectivity index (χ0) is 15.4. The Morgan fingerprint density at radius 2 is 2.05 bits per heavy atom. The molecule has 0 bridgehead atoms. The highest BCUT2D eigenvalue weighted by molar-refractivity contribution is 9.10. The number of rotatable bonds is 6. The molecule has 0 spiro atoms. The van der Waals surface area contributed by atoms with Crippen molar-refractivity contribution in [3.8, 4) is 0 Å². The van der Waals surface area contributed by atoms with Gasteiger partial charge in [-0.1, -0.05) is 43.1 Å². The third-order valence-corrected chi connectivity index (χ3v) is 4.73.